The lowest BCUT2D eigenvalue weighted by atomic mass is 10.2. The number of nitrogens with two attached hydrogens (primary N) is 1. The zero-order valence-electron chi connectivity index (χ0n) is 15.5. The van der Waals surface area contributed by atoms with Crippen LogP contribution in [0.15, 0.2) is 30.6 Å². The average molecular weight is 394 g/mol. The summed E-state index contributed by atoms with van der Waals surface area (Å²) < 4.78 is 9.44. The molecule has 0 spiro atoms. The standard InChI is InChI=1S/C10H10N4O.C7H12O6/c1-15-8-6-13-10(14-9(8)11)7-4-2-3-5-12-7;1-3(2)13-7(12)5(9)4(8)6(10)11/h2-6H,1H3,(H2,11,13,14);3-5,8-9H,1-2H3,(H,10,11). The molecule has 28 heavy (non-hydrogen) atoms. The van der Waals surface area contributed by atoms with E-state index in [0.717, 1.165) is 5.69 Å². The maximum Gasteiger partial charge on any atom is 0.349 e. The average Bonchev–Trinajstić information content (AvgIpc) is 2.67. The Kier molecular flexibility index (Phi) is 8.72. The highest BCUT2D eigenvalue weighted by Crippen LogP contribution is 2.17. The topological polar surface area (TPSA) is 182 Å². The number of carboxylic acid groups (broad SMARTS) is 1. The first kappa shape index (κ1) is 22.7. The Morgan fingerprint density at radius 3 is 2.39 bits per heavy atom. The second-order valence-corrected chi connectivity index (χ2v) is 5.61. The summed E-state index contributed by atoms with van der Waals surface area (Å²) in [6.45, 7) is 3.05. The van der Waals surface area contributed by atoms with Gasteiger partial charge >= 0.3 is 11.8 Å². The van der Waals surface area contributed by atoms with E-state index in [9.17, 15) is 14.7 Å². The molecule has 2 heterocycles. The fourth-order valence-electron chi connectivity index (χ4n) is 1.77. The Morgan fingerprint density at radius 1 is 1.25 bits per heavy atom. The largest absolute Gasteiger partial charge is 0.547 e. The lowest BCUT2D eigenvalue weighted by molar-refractivity contribution is -0.369. The molecule has 0 saturated carbocycles. The van der Waals surface area contributed by atoms with Crippen LogP contribution in [0.4, 0.5) is 5.82 Å². The maximum absolute atomic E-state index is 10.8. The van der Waals surface area contributed by atoms with Gasteiger partial charge in [0.1, 0.15) is 12.3 Å². The number of carbonyl (C=O) groups excluding carboxylic acids is 2. The number of ether oxygens (including phenoxy) is 2. The number of aromatic nitrogens is 3. The number of anilines is 1. The number of hydrogen-bond donors (Lipinski definition) is 3. The van der Waals surface area contributed by atoms with Crippen molar-refractivity contribution in [3.63, 3.8) is 0 Å². The molecular weight excluding hydrogens is 372 g/mol. The van der Waals surface area contributed by atoms with Gasteiger partial charge in [-0.15, -0.1) is 0 Å². The predicted molar refractivity (Wildman–Crippen MR) is 93.2 cm³/mol. The first-order chi connectivity index (χ1) is 13.2. The molecule has 2 aromatic rings. The number of aliphatic hydroxyl groups is 2. The molecule has 2 atom stereocenters. The van der Waals surface area contributed by atoms with E-state index in [2.05, 4.69) is 19.7 Å². The molecule has 0 radical (unpaired) electrons. The number of hydrogen-bond acceptors (Lipinski definition) is 10. The lowest BCUT2D eigenvalue weighted by Gasteiger charge is -2.18. The second-order valence-electron chi connectivity index (χ2n) is 5.61. The van der Waals surface area contributed by atoms with Gasteiger partial charge in [-0.05, 0) is 31.0 Å². The van der Waals surface area contributed by atoms with Crippen LogP contribution < -0.4 is 20.6 Å². The molecular formula is C17H22N4O7. The summed E-state index contributed by atoms with van der Waals surface area (Å²) in [5.41, 5.74) is 6.43. The highest BCUT2D eigenvalue weighted by Gasteiger charge is 2.27. The summed E-state index contributed by atoms with van der Waals surface area (Å²) in [4.78, 5) is 32.0. The molecule has 0 bridgehead atoms. The van der Waals surface area contributed by atoms with Gasteiger partial charge in [-0.2, -0.15) is 0 Å². The zero-order valence-corrected chi connectivity index (χ0v) is 15.5. The molecule has 5 N–H and O–H groups in total. The maximum atomic E-state index is 10.8. The number of aromatic amines is 1. The SMILES string of the molecule is CC(C)OC(=O)C(O)C(O)C(=O)[O-].COc1c[nH+]c(-c2ccccn2)nc1N. The number of esters is 1. The predicted octanol–water partition coefficient (Wildman–Crippen LogP) is -2.04. The molecule has 11 nitrogen and oxygen atoms in total. The first-order valence-electron chi connectivity index (χ1n) is 8.08. The van der Waals surface area contributed by atoms with Crippen LogP contribution in [-0.2, 0) is 14.3 Å². The quantitative estimate of drug-likeness (QED) is 0.461. The van der Waals surface area contributed by atoms with E-state index >= 15 is 0 Å². The smallest absolute Gasteiger partial charge is 0.349 e. The molecule has 2 rings (SSSR count). The van der Waals surface area contributed by atoms with Gasteiger partial charge in [-0.25, -0.2) is 14.8 Å². The number of nitrogen functional groups attached to an aromatic ring is 1. The molecule has 11 heteroatoms. The van der Waals surface area contributed by atoms with Gasteiger partial charge in [0.15, 0.2) is 11.8 Å². The Balaban J connectivity index is 0.000000284. The number of aliphatic hydroxyl groups excluding tert-OH is 2. The monoisotopic (exact) mass is 394 g/mol. The summed E-state index contributed by atoms with van der Waals surface area (Å²) in [7, 11) is 1.54. The van der Waals surface area contributed by atoms with Crippen LogP contribution >= 0.6 is 0 Å². The van der Waals surface area contributed by atoms with Crippen LogP contribution in [0.1, 0.15) is 13.8 Å². The molecule has 0 aliphatic rings. The molecule has 2 aromatic heterocycles. The molecule has 0 aromatic carbocycles. The number of carboxylic acids is 1. The van der Waals surface area contributed by atoms with Crippen molar-refractivity contribution >= 4 is 17.8 Å². The third-order valence-electron chi connectivity index (χ3n) is 3.09. The van der Waals surface area contributed by atoms with Crippen molar-refractivity contribution in [2.75, 3.05) is 12.8 Å². The van der Waals surface area contributed by atoms with Crippen LogP contribution in [0.2, 0.25) is 0 Å². The van der Waals surface area contributed by atoms with E-state index in [1.165, 1.54) is 13.8 Å². The van der Waals surface area contributed by atoms with Crippen molar-refractivity contribution in [2.45, 2.75) is 32.2 Å². The van der Waals surface area contributed by atoms with Gasteiger partial charge in [0.2, 0.25) is 5.75 Å². The van der Waals surface area contributed by atoms with Crippen molar-refractivity contribution in [1.29, 1.82) is 0 Å². The van der Waals surface area contributed by atoms with Crippen LogP contribution in [0, 0.1) is 0 Å². The first-order valence-corrected chi connectivity index (χ1v) is 8.08. The number of carbonyl (C=O) groups is 2. The van der Waals surface area contributed by atoms with E-state index in [4.69, 9.17) is 20.7 Å². The third kappa shape index (κ3) is 6.78. The third-order valence-corrected chi connectivity index (χ3v) is 3.09. The number of rotatable bonds is 6. The summed E-state index contributed by atoms with van der Waals surface area (Å²) >= 11 is 0. The van der Waals surface area contributed by atoms with Crippen LogP contribution in [0.3, 0.4) is 0 Å². The zero-order chi connectivity index (χ0) is 21.3. The van der Waals surface area contributed by atoms with Crippen molar-refractivity contribution < 1.29 is 39.4 Å². The minimum Gasteiger partial charge on any atom is -0.547 e. The van der Waals surface area contributed by atoms with Crippen molar-refractivity contribution in [1.82, 2.24) is 9.97 Å². The number of pyridine rings is 1. The normalized spacial score (nSPS) is 12.4. The molecule has 2 unspecified atom stereocenters. The van der Waals surface area contributed by atoms with Gasteiger partial charge in [-0.3, -0.25) is 0 Å². The highest BCUT2D eigenvalue weighted by molar-refractivity contribution is 5.83. The summed E-state index contributed by atoms with van der Waals surface area (Å²) in [5, 5.41) is 27.5. The summed E-state index contributed by atoms with van der Waals surface area (Å²) in [6, 6.07) is 5.58. The van der Waals surface area contributed by atoms with Crippen molar-refractivity contribution in [3.8, 4) is 17.3 Å². The minimum atomic E-state index is -2.26. The number of H-pyrrole nitrogens is 1. The Hall–Kier alpha value is -3.31. The Morgan fingerprint density at radius 2 is 1.93 bits per heavy atom. The number of nitrogens with zero attached hydrogens (tertiary/aromatic N) is 2. The highest BCUT2D eigenvalue weighted by atomic mass is 16.6. The Bertz CT molecular complexity index is 786. The fraction of sp³-hybridized carbons (Fsp3) is 0.353. The molecule has 0 aliphatic carbocycles. The number of methoxy groups -OCH3 is 1. The summed E-state index contributed by atoms with van der Waals surface area (Å²) in [6.07, 6.45) is -1.49. The van der Waals surface area contributed by atoms with E-state index in [0.29, 0.717) is 17.4 Å². The van der Waals surface area contributed by atoms with Gasteiger partial charge in [0, 0.05) is 6.20 Å². The second kappa shape index (κ2) is 10.7. The van der Waals surface area contributed by atoms with Crippen LogP contribution in [-0.4, -0.2) is 57.5 Å². The van der Waals surface area contributed by atoms with Gasteiger partial charge in [0.25, 0.3) is 5.82 Å². The molecule has 0 saturated heterocycles. The van der Waals surface area contributed by atoms with Crippen molar-refractivity contribution in [3.05, 3.63) is 30.6 Å². The number of nitrogens with one attached hydrogen (secondary N) is 1. The van der Waals surface area contributed by atoms with Gasteiger partial charge in [0.05, 0.1) is 19.2 Å². The van der Waals surface area contributed by atoms with Crippen molar-refractivity contribution in [2.24, 2.45) is 0 Å². The summed E-state index contributed by atoms with van der Waals surface area (Å²) in [5.74, 6) is -1.62. The van der Waals surface area contributed by atoms with Gasteiger partial charge in [-0.1, -0.05) is 6.07 Å². The number of aliphatic carboxylic acids is 1. The minimum absolute atomic E-state index is 0.344. The fourth-order valence-corrected chi connectivity index (χ4v) is 1.77. The lowest BCUT2D eigenvalue weighted by Crippen LogP contribution is -2.47. The molecule has 152 valence electrons. The molecule has 0 fully saturated rings. The van der Waals surface area contributed by atoms with Crippen LogP contribution in [0.25, 0.3) is 11.5 Å². The molecule has 0 amide bonds. The van der Waals surface area contributed by atoms with Crippen LogP contribution in [0.5, 0.6) is 5.75 Å². The van der Waals surface area contributed by atoms with E-state index in [-0.39, 0.29) is 0 Å². The molecule has 0 aliphatic heterocycles. The van der Waals surface area contributed by atoms with E-state index in [1.807, 2.05) is 18.2 Å². The van der Waals surface area contributed by atoms with E-state index < -0.39 is 30.3 Å². The van der Waals surface area contributed by atoms with E-state index in [1.54, 1.807) is 19.5 Å². The Labute approximate surface area is 160 Å². The van der Waals surface area contributed by atoms with Gasteiger partial charge < -0.3 is 35.3 Å².